The standard InChI is InChI=1S/C12H16N2O/c1-7-8(2)13-9(3)12-6-14(10(4)15)5-11(7)12/h5-6H2,1-4H3. The van der Waals surface area contributed by atoms with Crippen LogP contribution in [0.25, 0.3) is 0 Å². The maximum atomic E-state index is 11.3. The van der Waals surface area contributed by atoms with Crippen LogP contribution in [0.5, 0.6) is 0 Å². The summed E-state index contributed by atoms with van der Waals surface area (Å²) in [6.45, 7) is 9.24. The quantitative estimate of drug-likeness (QED) is 0.646. The summed E-state index contributed by atoms with van der Waals surface area (Å²) in [7, 11) is 0. The van der Waals surface area contributed by atoms with Crippen LogP contribution in [0.3, 0.4) is 0 Å². The summed E-state index contributed by atoms with van der Waals surface area (Å²) in [5.41, 5.74) is 5.93. The minimum absolute atomic E-state index is 0.141. The molecule has 2 heterocycles. The second-order valence-corrected chi connectivity index (χ2v) is 4.24. The summed E-state index contributed by atoms with van der Waals surface area (Å²) < 4.78 is 0. The minimum Gasteiger partial charge on any atom is -0.334 e. The number of amides is 1. The van der Waals surface area contributed by atoms with Crippen LogP contribution >= 0.6 is 0 Å². The largest absolute Gasteiger partial charge is 0.334 e. The molecule has 1 amide bonds. The average Bonchev–Trinajstić information content (AvgIpc) is 2.59. The molecular weight excluding hydrogens is 188 g/mol. The van der Waals surface area contributed by atoms with Crippen molar-refractivity contribution in [2.24, 2.45) is 0 Å². The van der Waals surface area contributed by atoms with Gasteiger partial charge in [-0.25, -0.2) is 0 Å². The predicted molar refractivity (Wildman–Crippen MR) is 58.4 cm³/mol. The molecule has 1 aromatic rings. The lowest BCUT2D eigenvalue weighted by Crippen LogP contribution is -2.21. The van der Waals surface area contributed by atoms with Crippen molar-refractivity contribution < 1.29 is 4.79 Å². The Labute approximate surface area is 90.1 Å². The van der Waals surface area contributed by atoms with E-state index in [1.807, 2.05) is 18.7 Å². The molecule has 0 N–H and O–H groups in total. The van der Waals surface area contributed by atoms with Gasteiger partial charge in [0.1, 0.15) is 0 Å². The Hall–Kier alpha value is -1.38. The maximum absolute atomic E-state index is 11.3. The molecule has 1 aromatic heterocycles. The number of hydrogen-bond acceptors (Lipinski definition) is 2. The SMILES string of the molecule is CC(=O)N1Cc2c(C)nc(C)c(C)c2C1. The molecular formula is C12H16N2O. The molecule has 0 saturated heterocycles. The zero-order valence-electron chi connectivity index (χ0n) is 9.72. The summed E-state index contributed by atoms with van der Waals surface area (Å²) in [6.07, 6.45) is 0. The van der Waals surface area contributed by atoms with E-state index in [0.29, 0.717) is 0 Å². The van der Waals surface area contributed by atoms with Crippen LogP contribution < -0.4 is 0 Å². The molecule has 0 unspecified atom stereocenters. The second kappa shape index (κ2) is 3.33. The summed E-state index contributed by atoms with van der Waals surface area (Å²) in [4.78, 5) is 17.7. The van der Waals surface area contributed by atoms with E-state index in [2.05, 4.69) is 11.9 Å². The number of nitrogens with zero attached hydrogens (tertiary/aromatic N) is 2. The third-order valence-corrected chi connectivity index (χ3v) is 3.28. The van der Waals surface area contributed by atoms with Crippen LogP contribution in [-0.4, -0.2) is 15.8 Å². The normalized spacial score (nSPS) is 14.3. The highest BCUT2D eigenvalue weighted by Crippen LogP contribution is 2.28. The highest BCUT2D eigenvalue weighted by atomic mass is 16.2. The van der Waals surface area contributed by atoms with Gasteiger partial charge >= 0.3 is 0 Å². The molecule has 0 aliphatic carbocycles. The van der Waals surface area contributed by atoms with Crippen molar-refractivity contribution in [1.29, 1.82) is 0 Å². The van der Waals surface area contributed by atoms with E-state index in [-0.39, 0.29) is 5.91 Å². The Morgan fingerprint density at radius 3 is 2.33 bits per heavy atom. The second-order valence-electron chi connectivity index (χ2n) is 4.24. The van der Waals surface area contributed by atoms with Gasteiger partial charge in [-0.05, 0) is 37.5 Å². The van der Waals surface area contributed by atoms with Crippen LogP contribution in [0.2, 0.25) is 0 Å². The molecule has 0 saturated carbocycles. The molecule has 0 radical (unpaired) electrons. The number of rotatable bonds is 0. The van der Waals surface area contributed by atoms with Crippen molar-refractivity contribution in [3.8, 4) is 0 Å². The lowest BCUT2D eigenvalue weighted by atomic mass is 10.0. The molecule has 3 nitrogen and oxygen atoms in total. The van der Waals surface area contributed by atoms with Crippen molar-refractivity contribution in [3.05, 3.63) is 28.1 Å². The highest BCUT2D eigenvalue weighted by Gasteiger charge is 2.25. The number of pyridine rings is 1. The number of carbonyl (C=O) groups excluding carboxylic acids is 1. The van der Waals surface area contributed by atoms with E-state index in [4.69, 9.17) is 0 Å². The summed E-state index contributed by atoms with van der Waals surface area (Å²) in [5, 5.41) is 0. The van der Waals surface area contributed by atoms with Gasteiger partial charge in [0.05, 0.1) is 0 Å². The van der Waals surface area contributed by atoms with Crippen LogP contribution in [0.15, 0.2) is 0 Å². The van der Waals surface area contributed by atoms with Gasteiger partial charge in [0.15, 0.2) is 0 Å². The maximum Gasteiger partial charge on any atom is 0.220 e. The van der Waals surface area contributed by atoms with Gasteiger partial charge in [0.25, 0.3) is 0 Å². The molecule has 2 rings (SSSR count). The van der Waals surface area contributed by atoms with E-state index in [1.54, 1.807) is 6.92 Å². The molecule has 1 aliphatic rings. The average molecular weight is 204 g/mol. The fraction of sp³-hybridized carbons (Fsp3) is 0.500. The zero-order valence-corrected chi connectivity index (χ0v) is 9.72. The Kier molecular flexibility index (Phi) is 2.25. The molecule has 0 bridgehead atoms. The first-order valence-electron chi connectivity index (χ1n) is 5.21. The summed E-state index contributed by atoms with van der Waals surface area (Å²) in [6, 6.07) is 0. The number of aromatic nitrogens is 1. The van der Waals surface area contributed by atoms with Gasteiger partial charge in [0, 0.05) is 31.4 Å². The number of hydrogen-bond donors (Lipinski definition) is 0. The van der Waals surface area contributed by atoms with Crippen LogP contribution in [0.4, 0.5) is 0 Å². The first kappa shape index (κ1) is 10.1. The minimum atomic E-state index is 0.141. The fourth-order valence-corrected chi connectivity index (χ4v) is 2.15. The Balaban J connectivity index is 2.49. The molecule has 0 aromatic carbocycles. The molecule has 3 heteroatoms. The van der Waals surface area contributed by atoms with Crippen molar-refractivity contribution in [2.45, 2.75) is 40.8 Å². The lowest BCUT2D eigenvalue weighted by Gasteiger charge is -2.11. The number of aryl methyl sites for hydroxylation is 2. The van der Waals surface area contributed by atoms with Crippen molar-refractivity contribution in [3.63, 3.8) is 0 Å². The van der Waals surface area contributed by atoms with Crippen molar-refractivity contribution >= 4 is 5.91 Å². The smallest absolute Gasteiger partial charge is 0.220 e. The Bertz CT molecular complexity index is 438. The van der Waals surface area contributed by atoms with E-state index in [9.17, 15) is 4.79 Å². The summed E-state index contributed by atoms with van der Waals surface area (Å²) in [5.74, 6) is 0.141. The Morgan fingerprint density at radius 2 is 1.73 bits per heavy atom. The van der Waals surface area contributed by atoms with Crippen LogP contribution in [0, 0.1) is 20.8 Å². The molecule has 0 fully saturated rings. The first-order chi connectivity index (χ1) is 7.00. The van der Waals surface area contributed by atoms with Gasteiger partial charge in [-0.2, -0.15) is 0 Å². The monoisotopic (exact) mass is 204 g/mol. The summed E-state index contributed by atoms with van der Waals surface area (Å²) >= 11 is 0. The molecule has 0 spiro atoms. The van der Waals surface area contributed by atoms with E-state index in [0.717, 1.165) is 24.5 Å². The van der Waals surface area contributed by atoms with Crippen LogP contribution in [0.1, 0.15) is 35.0 Å². The third-order valence-electron chi connectivity index (χ3n) is 3.28. The highest BCUT2D eigenvalue weighted by molar-refractivity contribution is 5.74. The molecule has 1 aliphatic heterocycles. The predicted octanol–water partition coefficient (Wildman–Crippen LogP) is 1.87. The van der Waals surface area contributed by atoms with E-state index < -0.39 is 0 Å². The zero-order chi connectivity index (χ0) is 11.2. The first-order valence-corrected chi connectivity index (χ1v) is 5.21. The fourth-order valence-electron chi connectivity index (χ4n) is 2.15. The number of fused-ring (bicyclic) bond motifs is 1. The Morgan fingerprint density at radius 1 is 1.13 bits per heavy atom. The van der Waals surface area contributed by atoms with Crippen molar-refractivity contribution in [1.82, 2.24) is 9.88 Å². The third kappa shape index (κ3) is 1.52. The van der Waals surface area contributed by atoms with Gasteiger partial charge in [-0.1, -0.05) is 0 Å². The van der Waals surface area contributed by atoms with Crippen LogP contribution in [-0.2, 0) is 17.9 Å². The van der Waals surface area contributed by atoms with Crippen molar-refractivity contribution in [2.75, 3.05) is 0 Å². The van der Waals surface area contributed by atoms with Gasteiger partial charge < -0.3 is 4.90 Å². The lowest BCUT2D eigenvalue weighted by molar-refractivity contribution is -0.129. The molecule has 15 heavy (non-hydrogen) atoms. The van der Waals surface area contributed by atoms with Gasteiger partial charge in [-0.3, -0.25) is 9.78 Å². The molecule has 80 valence electrons. The van der Waals surface area contributed by atoms with E-state index in [1.165, 1.54) is 16.7 Å². The van der Waals surface area contributed by atoms with Gasteiger partial charge in [-0.15, -0.1) is 0 Å². The topological polar surface area (TPSA) is 33.2 Å². The van der Waals surface area contributed by atoms with E-state index >= 15 is 0 Å². The number of carbonyl (C=O) groups is 1. The molecule has 0 atom stereocenters. The van der Waals surface area contributed by atoms with Gasteiger partial charge in [0.2, 0.25) is 5.91 Å².